The van der Waals surface area contributed by atoms with Gasteiger partial charge in [-0.3, -0.25) is 9.59 Å². The molecule has 110 valence electrons. The molecule has 2 unspecified atom stereocenters. The summed E-state index contributed by atoms with van der Waals surface area (Å²) >= 11 is 0. The molecule has 0 fully saturated rings. The van der Waals surface area contributed by atoms with E-state index in [9.17, 15) is 9.59 Å². The van der Waals surface area contributed by atoms with Gasteiger partial charge in [0.25, 0.3) is 0 Å². The first-order valence-corrected chi connectivity index (χ1v) is 6.69. The van der Waals surface area contributed by atoms with Crippen molar-refractivity contribution in [1.82, 2.24) is 5.32 Å². The molecule has 0 aliphatic heterocycles. The van der Waals surface area contributed by atoms with Crippen LogP contribution >= 0.6 is 0 Å². The van der Waals surface area contributed by atoms with E-state index >= 15 is 0 Å². The van der Waals surface area contributed by atoms with Crippen molar-refractivity contribution < 1.29 is 14.3 Å². The third kappa shape index (κ3) is 4.35. The highest BCUT2D eigenvalue weighted by molar-refractivity contribution is 5.92. The first-order valence-electron chi connectivity index (χ1n) is 6.69. The predicted octanol–water partition coefficient (Wildman–Crippen LogP) is 1.46. The van der Waals surface area contributed by atoms with Gasteiger partial charge in [0, 0.05) is 12.1 Å². The van der Waals surface area contributed by atoms with Crippen LogP contribution in [0.5, 0.6) is 0 Å². The molecule has 5 nitrogen and oxygen atoms in total. The summed E-state index contributed by atoms with van der Waals surface area (Å²) in [5.41, 5.74) is 6.64. The minimum absolute atomic E-state index is 0.187. The third-order valence-electron chi connectivity index (χ3n) is 3.43. The van der Waals surface area contributed by atoms with Gasteiger partial charge in [-0.1, -0.05) is 32.4 Å². The fraction of sp³-hybridized carbons (Fsp3) is 0.467. The quantitative estimate of drug-likeness (QED) is 0.740. The van der Waals surface area contributed by atoms with E-state index in [1.54, 1.807) is 12.1 Å². The monoisotopic (exact) mass is 278 g/mol. The van der Waals surface area contributed by atoms with E-state index in [1.807, 2.05) is 26.0 Å². The molecule has 0 radical (unpaired) electrons. The molecular weight excluding hydrogens is 256 g/mol. The molecule has 0 aliphatic carbocycles. The van der Waals surface area contributed by atoms with Gasteiger partial charge >= 0.3 is 5.97 Å². The number of amides is 1. The molecule has 20 heavy (non-hydrogen) atoms. The van der Waals surface area contributed by atoms with E-state index in [0.29, 0.717) is 12.1 Å². The molecule has 0 spiro atoms. The van der Waals surface area contributed by atoms with Crippen LogP contribution in [0.4, 0.5) is 0 Å². The molecule has 0 heterocycles. The van der Waals surface area contributed by atoms with Crippen molar-refractivity contribution in [3.63, 3.8) is 0 Å². The van der Waals surface area contributed by atoms with Gasteiger partial charge < -0.3 is 15.8 Å². The zero-order valence-corrected chi connectivity index (χ0v) is 12.2. The van der Waals surface area contributed by atoms with Crippen molar-refractivity contribution in [1.29, 1.82) is 0 Å². The largest absolute Gasteiger partial charge is 0.468 e. The number of esters is 1. The predicted molar refractivity (Wildman–Crippen MR) is 77.1 cm³/mol. The highest BCUT2D eigenvalue weighted by Gasteiger charge is 2.23. The summed E-state index contributed by atoms with van der Waals surface area (Å²) in [6.45, 7) is 4.57. The minimum Gasteiger partial charge on any atom is -0.468 e. The number of hydrogen-bond donors (Lipinski definition) is 2. The Kier molecular flexibility index (Phi) is 6.18. The Bertz CT molecular complexity index is 457. The Morgan fingerprint density at radius 2 is 1.90 bits per heavy atom. The van der Waals surface area contributed by atoms with Crippen molar-refractivity contribution >= 4 is 11.9 Å². The molecule has 0 saturated heterocycles. The zero-order valence-electron chi connectivity index (χ0n) is 12.2. The summed E-state index contributed by atoms with van der Waals surface area (Å²) in [4.78, 5) is 22.7. The van der Waals surface area contributed by atoms with Crippen molar-refractivity contribution in [3.05, 3.63) is 35.4 Å². The van der Waals surface area contributed by atoms with E-state index in [-0.39, 0.29) is 17.9 Å². The molecule has 1 aromatic rings. The van der Waals surface area contributed by atoms with E-state index in [1.165, 1.54) is 7.11 Å². The molecule has 2 atom stereocenters. The van der Waals surface area contributed by atoms with Crippen LogP contribution in [-0.4, -0.2) is 25.0 Å². The molecule has 1 aromatic carbocycles. The molecule has 0 bridgehead atoms. The summed E-state index contributed by atoms with van der Waals surface area (Å²) in [7, 11) is 1.39. The lowest BCUT2D eigenvalue weighted by atomic mass is 9.99. The van der Waals surface area contributed by atoms with E-state index in [4.69, 9.17) is 10.5 Å². The van der Waals surface area contributed by atoms with Crippen molar-refractivity contribution in [3.8, 4) is 0 Å². The van der Waals surface area contributed by atoms with Gasteiger partial charge in [-0.15, -0.1) is 0 Å². The smallest absolute Gasteiger partial charge is 0.323 e. The maximum absolute atomic E-state index is 11.7. The summed E-state index contributed by atoms with van der Waals surface area (Å²) in [6, 6.07) is 6.66. The van der Waals surface area contributed by atoms with Crippen LogP contribution in [0.1, 0.15) is 36.2 Å². The van der Waals surface area contributed by atoms with Gasteiger partial charge in [-0.05, 0) is 23.6 Å². The normalized spacial score (nSPS) is 13.6. The Morgan fingerprint density at radius 1 is 1.30 bits per heavy atom. The van der Waals surface area contributed by atoms with Gasteiger partial charge in [0.2, 0.25) is 5.91 Å². The van der Waals surface area contributed by atoms with Crippen LogP contribution in [0.3, 0.4) is 0 Å². The lowest BCUT2D eigenvalue weighted by Gasteiger charge is -2.22. The van der Waals surface area contributed by atoms with Crippen molar-refractivity contribution in [2.45, 2.75) is 32.9 Å². The molecule has 0 aromatic heterocycles. The SMILES string of the molecule is CCC(C)C(NCc1ccc(C(N)=O)cc1)C(=O)OC. The molecular formula is C15H22N2O3. The maximum Gasteiger partial charge on any atom is 0.323 e. The van der Waals surface area contributed by atoms with Crippen LogP contribution in [0.2, 0.25) is 0 Å². The Labute approximate surface area is 119 Å². The molecule has 3 N–H and O–H groups in total. The lowest BCUT2D eigenvalue weighted by Crippen LogP contribution is -2.42. The van der Waals surface area contributed by atoms with Gasteiger partial charge in [0.15, 0.2) is 0 Å². The standard InChI is InChI=1S/C15H22N2O3/c1-4-10(2)13(15(19)20-3)17-9-11-5-7-12(8-6-11)14(16)18/h5-8,10,13,17H,4,9H2,1-3H3,(H2,16,18). The lowest BCUT2D eigenvalue weighted by molar-refractivity contribution is -0.144. The average Bonchev–Trinajstić information content (AvgIpc) is 2.47. The number of rotatable bonds is 7. The summed E-state index contributed by atoms with van der Waals surface area (Å²) in [5.74, 6) is -0.517. The molecule has 1 amide bonds. The fourth-order valence-electron chi connectivity index (χ4n) is 1.89. The first-order chi connectivity index (χ1) is 9.49. The number of methoxy groups -OCH3 is 1. The van der Waals surface area contributed by atoms with Crippen LogP contribution in [0.15, 0.2) is 24.3 Å². The number of hydrogen-bond acceptors (Lipinski definition) is 4. The maximum atomic E-state index is 11.7. The van der Waals surface area contributed by atoms with Crippen LogP contribution < -0.4 is 11.1 Å². The second-order valence-electron chi connectivity index (χ2n) is 4.83. The number of ether oxygens (including phenoxy) is 1. The van der Waals surface area contributed by atoms with E-state index in [0.717, 1.165) is 12.0 Å². The van der Waals surface area contributed by atoms with Gasteiger partial charge in [0.1, 0.15) is 6.04 Å². The third-order valence-corrected chi connectivity index (χ3v) is 3.43. The van der Waals surface area contributed by atoms with Crippen LogP contribution in [-0.2, 0) is 16.1 Å². The number of nitrogens with two attached hydrogens (primary N) is 1. The summed E-state index contributed by atoms with van der Waals surface area (Å²) in [6.07, 6.45) is 0.882. The zero-order chi connectivity index (χ0) is 15.1. The number of nitrogens with one attached hydrogen (secondary N) is 1. The Balaban J connectivity index is 2.67. The molecule has 0 saturated carbocycles. The minimum atomic E-state index is -0.448. The fourth-order valence-corrected chi connectivity index (χ4v) is 1.89. The number of benzene rings is 1. The molecule has 1 rings (SSSR count). The van der Waals surface area contributed by atoms with E-state index in [2.05, 4.69) is 5.32 Å². The number of carbonyl (C=O) groups is 2. The second-order valence-corrected chi connectivity index (χ2v) is 4.83. The topological polar surface area (TPSA) is 81.4 Å². The molecule has 5 heteroatoms. The van der Waals surface area contributed by atoms with Crippen molar-refractivity contribution in [2.24, 2.45) is 11.7 Å². The Morgan fingerprint density at radius 3 is 2.35 bits per heavy atom. The highest BCUT2D eigenvalue weighted by Crippen LogP contribution is 2.11. The Hall–Kier alpha value is -1.88. The first kappa shape index (κ1) is 16.2. The average molecular weight is 278 g/mol. The van der Waals surface area contributed by atoms with Gasteiger partial charge in [0.05, 0.1) is 7.11 Å². The summed E-state index contributed by atoms with van der Waals surface area (Å²) in [5, 5.41) is 3.20. The van der Waals surface area contributed by atoms with E-state index < -0.39 is 5.91 Å². The highest BCUT2D eigenvalue weighted by atomic mass is 16.5. The van der Waals surface area contributed by atoms with Gasteiger partial charge in [-0.25, -0.2) is 0 Å². The number of carbonyl (C=O) groups excluding carboxylic acids is 2. The van der Waals surface area contributed by atoms with Crippen LogP contribution in [0.25, 0.3) is 0 Å². The molecule has 0 aliphatic rings. The number of primary amides is 1. The van der Waals surface area contributed by atoms with Crippen LogP contribution in [0, 0.1) is 5.92 Å². The van der Waals surface area contributed by atoms with Crippen molar-refractivity contribution in [2.75, 3.05) is 7.11 Å². The summed E-state index contributed by atoms with van der Waals surface area (Å²) < 4.78 is 4.81. The second kappa shape index (κ2) is 7.65. The van der Waals surface area contributed by atoms with Gasteiger partial charge in [-0.2, -0.15) is 0 Å².